The van der Waals surface area contributed by atoms with Crippen LogP contribution in [0.25, 0.3) is 0 Å². The Hall–Kier alpha value is -1.61. The smallest absolute Gasteiger partial charge is 0.0630 e. The van der Waals surface area contributed by atoms with Crippen LogP contribution < -0.4 is 0 Å². The Kier molecular flexibility index (Phi) is 3.62. The molecule has 0 spiro atoms. The van der Waals surface area contributed by atoms with Crippen LogP contribution in [0.5, 0.6) is 0 Å². The van der Waals surface area contributed by atoms with Gasteiger partial charge in [0.1, 0.15) is 0 Å². The molecule has 0 radical (unpaired) electrons. The maximum absolute atomic E-state index is 10.6. The first-order chi connectivity index (χ1) is 9.67. The quantitative estimate of drug-likeness (QED) is 0.927. The first kappa shape index (κ1) is 13.4. The molecule has 3 heteroatoms. The van der Waals surface area contributed by atoms with Crippen LogP contribution in [0.4, 0.5) is 0 Å². The van der Waals surface area contributed by atoms with Crippen molar-refractivity contribution >= 4 is 0 Å². The Morgan fingerprint density at radius 1 is 1.30 bits per heavy atom. The number of nitrogens with zero attached hydrogens (tertiary/aromatic N) is 2. The van der Waals surface area contributed by atoms with E-state index in [1.807, 2.05) is 11.6 Å². The molecule has 1 atom stereocenters. The molecule has 0 saturated heterocycles. The molecule has 1 unspecified atom stereocenters. The Morgan fingerprint density at radius 2 is 1.95 bits per heavy atom. The molecule has 0 amide bonds. The summed E-state index contributed by atoms with van der Waals surface area (Å²) in [5.74, 6) is 0.341. The zero-order valence-corrected chi connectivity index (χ0v) is 12.2. The minimum atomic E-state index is -0.288. The normalized spacial score (nSPS) is 16.4. The van der Waals surface area contributed by atoms with Crippen LogP contribution in [0.3, 0.4) is 0 Å². The molecule has 106 valence electrons. The summed E-state index contributed by atoms with van der Waals surface area (Å²) in [7, 11) is 0. The number of hydrogen-bond acceptors (Lipinski definition) is 2. The molecule has 20 heavy (non-hydrogen) atoms. The molecule has 1 aromatic carbocycles. The fourth-order valence-electron chi connectivity index (χ4n) is 3.28. The lowest BCUT2D eigenvalue weighted by Crippen LogP contribution is -2.24. The molecule has 0 saturated carbocycles. The van der Waals surface area contributed by atoms with Crippen LogP contribution in [0.2, 0.25) is 0 Å². The van der Waals surface area contributed by atoms with Crippen molar-refractivity contribution < 1.29 is 5.11 Å². The molecule has 1 aliphatic carbocycles. The Balaban J connectivity index is 1.70. The second kappa shape index (κ2) is 5.41. The third kappa shape index (κ3) is 2.50. The molecular formula is C17H22N2O. The summed E-state index contributed by atoms with van der Waals surface area (Å²) < 4.78 is 2.00. The number of aromatic nitrogens is 2. The van der Waals surface area contributed by atoms with Crippen molar-refractivity contribution in [2.24, 2.45) is 5.92 Å². The van der Waals surface area contributed by atoms with Crippen LogP contribution in [0, 0.1) is 12.8 Å². The van der Waals surface area contributed by atoms with Crippen molar-refractivity contribution in [3.05, 3.63) is 52.8 Å². The topological polar surface area (TPSA) is 38.0 Å². The molecule has 0 aliphatic heterocycles. The van der Waals surface area contributed by atoms with Crippen LogP contribution >= 0.6 is 0 Å². The van der Waals surface area contributed by atoms with Crippen molar-refractivity contribution in [3.63, 3.8) is 0 Å². The van der Waals surface area contributed by atoms with Crippen LogP contribution in [0.1, 0.15) is 29.4 Å². The lowest BCUT2D eigenvalue weighted by atomic mass is 9.95. The van der Waals surface area contributed by atoms with Gasteiger partial charge in [-0.3, -0.25) is 4.68 Å². The zero-order valence-electron chi connectivity index (χ0n) is 12.2. The second-order valence-electron chi connectivity index (χ2n) is 5.80. The zero-order chi connectivity index (χ0) is 14.1. The molecule has 1 aromatic heterocycles. The van der Waals surface area contributed by atoms with Crippen LogP contribution in [0.15, 0.2) is 30.3 Å². The van der Waals surface area contributed by atoms with Gasteiger partial charge in [-0.05, 0) is 49.8 Å². The van der Waals surface area contributed by atoms with Crippen molar-refractivity contribution in [2.45, 2.75) is 45.8 Å². The van der Waals surface area contributed by atoms with Crippen molar-refractivity contribution in [1.82, 2.24) is 9.78 Å². The van der Waals surface area contributed by atoms with Gasteiger partial charge in [0, 0.05) is 18.7 Å². The Labute approximate surface area is 120 Å². The van der Waals surface area contributed by atoms with E-state index in [4.69, 9.17) is 0 Å². The summed E-state index contributed by atoms with van der Waals surface area (Å²) >= 11 is 0. The highest BCUT2D eigenvalue weighted by Gasteiger charge is 2.28. The third-order valence-corrected chi connectivity index (χ3v) is 4.33. The van der Waals surface area contributed by atoms with Gasteiger partial charge in [-0.2, -0.15) is 5.10 Å². The van der Waals surface area contributed by atoms with Gasteiger partial charge in [0.05, 0.1) is 11.8 Å². The first-order valence-corrected chi connectivity index (χ1v) is 7.45. The molecule has 3 rings (SSSR count). The van der Waals surface area contributed by atoms with Gasteiger partial charge in [0.2, 0.25) is 0 Å². The highest BCUT2D eigenvalue weighted by Crippen LogP contribution is 2.29. The summed E-state index contributed by atoms with van der Waals surface area (Å²) in [5.41, 5.74) is 4.98. The van der Waals surface area contributed by atoms with Crippen molar-refractivity contribution in [3.8, 4) is 0 Å². The molecule has 0 bridgehead atoms. The number of rotatable bonds is 4. The fraction of sp³-hybridized carbons (Fsp3) is 0.471. The molecule has 2 aromatic rings. The minimum absolute atomic E-state index is 0.288. The first-order valence-electron chi connectivity index (χ1n) is 7.45. The van der Waals surface area contributed by atoms with Gasteiger partial charge in [-0.25, -0.2) is 0 Å². The lowest BCUT2D eigenvalue weighted by molar-refractivity contribution is 0.110. The van der Waals surface area contributed by atoms with Gasteiger partial charge in [-0.1, -0.05) is 24.3 Å². The molecule has 1 heterocycles. The predicted molar refractivity (Wildman–Crippen MR) is 79.7 cm³/mol. The Bertz CT molecular complexity index is 578. The standard InChI is InChI=1S/C17H22N2O/c1-3-19-16(8-12(2)18-19)11-17(20)15-9-13-6-4-5-7-14(13)10-15/h4-8,15,17,20H,3,9-11H2,1-2H3. The van der Waals surface area contributed by atoms with E-state index in [0.717, 1.165) is 30.8 Å². The molecule has 1 N–H and O–H groups in total. The van der Waals surface area contributed by atoms with E-state index in [1.54, 1.807) is 0 Å². The maximum Gasteiger partial charge on any atom is 0.0630 e. The molecular weight excluding hydrogens is 248 g/mol. The highest BCUT2D eigenvalue weighted by atomic mass is 16.3. The molecule has 0 fully saturated rings. The van der Waals surface area contributed by atoms with Crippen LogP contribution in [-0.2, 0) is 25.8 Å². The number of fused-ring (bicyclic) bond motifs is 1. The summed E-state index contributed by atoms with van der Waals surface area (Å²) in [6.07, 6.45) is 2.41. The van der Waals surface area contributed by atoms with Gasteiger partial charge in [0.15, 0.2) is 0 Å². The highest BCUT2D eigenvalue weighted by molar-refractivity contribution is 5.32. The summed E-state index contributed by atoms with van der Waals surface area (Å²) in [5, 5.41) is 15.0. The minimum Gasteiger partial charge on any atom is -0.392 e. The van der Waals surface area contributed by atoms with Gasteiger partial charge < -0.3 is 5.11 Å². The van der Waals surface area contributed by atoms with E-state index in [-0.39, 0.29) is 6.10 Å². The van der Waals surface area contributed by atoms with E-state index in [1.165, 1.54) is 11.1 Å². The van der Waals surface area contributed by atoms with E-state index in [2.05, 4.69) is 42.4 Å². The second-order valence-corrected chi connectivity index (χ2v) is 5.80. The molecule has 1 aliphatic rings. The van der Waals surface area contributed by atoms with E-state index in [9.17, 15) is 5.11 Å². The third-order valence-electron chi connectivity index (χ3n) is 4.33. The fourth-order valence-corrected chi connectivity index (χ4v) is 3.28. The number of benzene rings is 1. The Morgan fingerprint density at radius 3 is 2.55 bits per heavy atom. The lowest BCUT2D eigenvalue weighted by Gasteiger charge is -2.18. The number of hydrogen-bond donors (Lipinski definition) is 1. The number of aliphatic hydroxyl groups is 1. The van der Waals surface area contributed by atoms with Crippen molar-refractivity contribution in [2.75, 3.05) is 0 Å². The van der Waals surface area contributed by atoms with Crippen molar-refractivity contribution in [1.29, 1.82) is 0 Å². The van der Waals surface area contributed by atoms with Gasteiger partial charge in [0.25, 0.3) is 0 Å². The van der Waals surface area contributed by atoms with E-state index >= 15 is 0 Å². The summed E-state index contributed by atoms with van der Waals surface area (Å²) in [6.45, 7) is 4.96. The van der Waals surface area contributed by atoms with E-state index < -0.39 is 0 Å². The predicted octanol–water partition coefficient (Wildman–Crippen LogP) is 2.53. The summed E-state index contributed by atoms with van der Waals surface area (Å²) in [4.78, 5) is 0. The van der Waals surface area contributed by atoms with Gasteiger partial charge in [-0.15, -0.1) is 0 Å². The maximum atomic E-state index is 10.6. The number of aliphatic hydroxyl groups excluding tert-OH is 1. The van der Waals surface area contributed by atoms with E-state index in [0.29, 0.717) is 12.3 Å². The van der Waals surface area contributed by atoms with Crippen LogP contribution in [-0.4, -0.2) is 21.0 Å². The van der Waals surface area contributed by atoms with Gasteiger partial charge >= 0.3 is 0 Å². The SMILES string of the molecule is CCn1nc(C)cc1CC(O)C1Cc2ccccc2C1. The largest absolute Gasteiger partial charge is 0.392 e. The molecule has 3 nitrogen and oxygen atoms in total. The summed E-state index contributed by atoms with van der Waals surface area (Å²) in [6, 6.07) is 10.6. The monoisotopic (exact) mass is 270 g/mol. The average Bonchev–Trinajstić information content (AvgIpc) is 3.01. The number of aryl methyl sites for hydroxylation is 2. The average molecular weight is 270 g/mol.